The number of allylic oxidation sites excluding steroid dienone is 2. The van der Waals surface area contributed by atoms with Crippen molar-refractivity contribution in [2.45, 2.75) is 52.6 Å². The van der Waals surface area contributed by atoms with Gasteiger partial charge in [-0.05, 0) is 46.6 Å². The van der Waals surface area contributed by atoms with Crippen molar-refractivity contribution in [2.75, 3.05) is 6.61 Å². The zero-order chi connectivity index (χ0) is 17.0. The molecule has 0 saturated carbocycles. The highest BCUT2D eigenvalue weighted by molar-refractivity contribution is 6.12. The Morgan fingerprint density at radius 1 is 1.41 bits per heavy atom. The third-order valence-corrected chi connectivity index (χ3v) is 3.38. The number of hydrogen-bond acceptors (Lipinski definition) is 5. The molecule has 0 radical (unpaired) electrons. The van der Waals surface area contributed by atoms with E-state index in [1.807, 2.05) is 6.92 Å². The topological polar surface area (TPSA) is 69.7 Å². The van der Waals surface area contributed by atoms with E-state index >= 15 is 0 Å². The summed E-state index contributed by atoms with van der Waals surface area (Å²) in [6.07, 6.45) is 3.36. The van der Waals surface area contributed by atoms with E-state index in [-0.39, 0.29) is 19.4 Å². The number of rotatable bonds is 5. The van der Waals surface area contributed by atoms with Crippen LogP contribution in [0.1, 0.15) is 47.0 Å². The van der Waals surface area contributed by atoms with Crippen molar-refractivity contribution < 1.29 is 23.9 Å². The van der Waals surface area contributed by atoms with Crippen LogP contribution in [0.3, 0.4) is 0 Å². The summed E-state index contributed by atoms with van der Waals surface area (Å²) in [5.74, 6) is -1.66. The van der Waals surface area contributed by atoms with Gasteiger partial charge in [-0.3, -0.25) is 14.4 Å². The highest BCUT2D eigenvalue weighted by Gasteiger charge is 2.49. The average molecular weight is 308 g/mol. The van der Waals surface area contributed by atoms with Crippen LogP contribution in [0.2, 0.25) is 0 Å². The van der Waals surface area contributed by atoms with Gasteiger partial charge in [0.15, 0.2) is 5.78 Å². The molecule has 0 heterocycles. The average Bonchev–Trinajstić information content (AvgIpc) is 2.37. The Labute approximate surface area is 131 Å². The van der Waals surface area contributed by atoms with E-state index in [0.717, 1.165) is 5.57 Å². The van der Waals surface area contributed by atoms with E-state index in [2.05, 4.69) is 6.58 Å². The van der Waals surface area contributed by atoms with Crippen LogP contribution in [0.15, 0.2) is 24.3 Å². The van der Waals surface area contributed by atoms with Crippen molar-refractivity contribution in [1.29, 1.82) is 0 Å². The second-order valence-electron chi connectivity index (χ2n) is 6.59. The summed E-state index contributed by atoms with van der Waals surface area (Å²) in [7, 11) is 0. The zero-order valence-corrected chi connectivity index (χ0v) is 13.7. The molecule has 0 aromatic rings. The Morgan fingerprint density at radius 3 is 2.55 bits per heavy atom. The van der Waals surface area contributed by atoms with Crippen LogP contribution in [0.4, 0.5) is 0 Å². The number of ether oxygens (including phenoxy) is 2. The molecule has 0 N–H and O–H groups in total. The van der Waals surface area contributed by atoms with Crippen molar-refractivity contribution in [2.24, 2.45) is 5.41 Å². The first-order valence-corrected chi connectivity index (χ1v) is 7.32. The van der Waals surface area contributed by atoms with Gasteiger partial charge in [-0.25, -0.2) is 0 Å². The molecule has 122 valence electrons. The smallest absolute Gasteiger partial charge is 0.320 e. The highest BCUT2D eigenvalue weighted by Crippen LogP contribution is 2.38. The van der Waals surface area contributed by atoms with Gasteiger partial charge in [0, 0.05) is 0 Å². The van der Waals surface area contributed by atoms with E-state index in [4.69, 9.17) is 9.47 Å². The van der Waals surface area contributed by atoms with E-state index in [1.165, 1.54) is 12.2 Å². The van der Waals surface area contributed by atoms with Gasteiger partial charge in [-0.1, -0.05) is 18.2 Å². The van der Waals surface area contributed by atoms with Crippen LogP contribution in [-0.4, -0.2) is 29.9 Å². The fraction of sp³-hybridized carbons (Fsp3) is 0.588. The van der Waals surface area contributed by atoms with Gasteiger partial charge in [0.05, 0.1) is 6.42 Å². The quantitative estimate of drug-likeness (QED) is 0.444. The van der Waals surface area contributed by atoms with E-state index in [9.17, 15) is 14.4 Å². The molecule has 0 aliphatic heterocycles. The molecular weight excluding hydrogens is 284 g/mol. The van der Waals surface area contributed by atoms with E-state index in [1.54, 1.807) is 20.8 Å². The minimum absolute atomic E-state index is 0.00484. The lowest BCUT2D eigenvalue weighted by Gasteiger charge is -2.32. The monoisotopic (exact) mass is 308 g/mol. The fourth-order valence-corrected chi connectivity index (χ4v) is 2.31. The SMILES string of the molecule is C=CCOC(=O)[C@@]1(CC(=O)OC(C)(C)C)CCC(C)=CC1=O. The molecule has 1 rings (SSSR count). The normalized spacial score (nSPS) is 21.8. The summed E-state index contributed by atoms with van der Waals surface area (Å²) in [4.78, 5) is 36.9. The molecule has 0 aromatic carbocycles. The number of esters is 2. The lowest BCUT2D eigenvalue weighted by atomic mass is 9.71. The molecule has 1 aliphatic rings. The largest absolute Gasteiger partial charge is 0.461 e. The summed E-state index contributed by atoms with van der Waals surface area (Å²) in [6, 6.07) is 0. The van der Waals surface area contributed by atoms with Crippen LogP contribution < -0.4 is 0 Å². The first-order valence-electron chi connectivity index (χ1n) is 7.32. The highest BCUT2D eigenvalue weighted by atomic mass is 16.6. The summed E-state index contributed by atoms with van der Waals surface area (Å²) >= 11 is 0. The third kappa shape index (κ3) is 4.55. The second-order valence-corrected chi connectivity index (χ2v) is 6.59. The van der Waals surface area contributed by atoms with Crippen molar-refractivity contribution in [3.8, 4) is 0 Å². The van der Waals surface area contributed by atoms with Gasteiger partial charge in [-0.15, -0.1) is 0 Å². The minimum Gasteiger partial charge on any atom is -0.461 e. The van der Waals surface area contributed by atoms with Crippen molar-refractivity contribution in [3.05, 3.63) is 24.3 Å². The molecule has 22 heavy (non-hydrogen) atoms. The van der Waals surface area contributed by atoms with Gasteiger partial charge < -0.3 is 9.47 Å². The molecule has 1 aliphatic carbocycles. The number of carbonyl (C=O) groups is 3. The summed E-state index contributed by atoms with van der Waals surface area (Å²) in [5, 5.41) is 0. The van der Waals surface area contributed by atoms with Gasteiger partial charge >= 0.3 is 11.9 Å². The van der Waals surface area contributed by atoms with Gasteiger partial charge in [0.25, 0.3) is 0 Å². The predicted molar refractivity (Wildman–Crippen MR) is 82.0 cm³/mol. The lowest BCUT2D eigenvalue weighted by molar-refractivity contribution is -0.170. The molecule has 0 saturated heterocycles. The summed E-state index contributed by atoms with van der Waals surface area (Å²) < 4.78 is 10.3. The first-order chi connectivity index (χ1) is 10.1. The van der Waals surface area contributed by atoms with E-state index < -0.39 is 28.7 Å². The Morgan fingerprint density at radius 2 is 2.05 bits per heavy atom. The molecule has 1 atom stereocenters. The van der Waals surface area contributed by atoms with Crippen molar-refractivity contribution in [1.82, 2.24) is 0 Å². The maximum atomic E-state index is 12.4. The minimum atomic E-state index is -1.48. The number of carbonyl (C=O) groups excluding carboxylic acids is 3. The molecule has 0 aromatic heterocycles. The Hall–Kier alpha value is -1.91. The Kier molecular flexibility index (Phi) is 5.69. The molecule has 5 heteroatoms. The Balaban J connectivity index is 3.02. The number of hydrogen-bond donors (Lipinski definition) is 0. The molecular formula is C17H24O5. The van der Waals surface area contributed by atoms with E-state index in [0.29, 0.717) is 6.42 Å². The van der Waals surface area contributed by atoms with Crippen molar-refractivity contribution >= 4 is 17.7 Å². The second kappa shape index (κ2) is 6.90. The molecule has 0 amide bonds. The van der Waals surface area contributed by atoms with Crippen LogP contribution in [-0.2, 0) is 23.9 Å². The Bertz CT molecular complexity index is 510. The maximum absolute atomic E-state index is 12.4. The van der Waals surface area contributed by atoms with Gasteiger partial charge in [0.1, 0.15) is 17.6 Å². The van der Waals surface area contributed by atoms with Crippen LogP contribution in [0.5, 0.6) is 0 Å². The van der Waals surface area contributed by atoms with Crippen LogP contribution in [0.25, 0.3) is 0 Å². The first kappa shape index (κ1) is 18.1. The zero-order valence-electron chi connectivity index (χ0n) is 13.7. The van der Waals surface area contributed by atoms with Crippen molar-refractivity contribution in [3.63, 3.8) is 0 Å². The van der Waals surface area contributed by atoms with Crippen LogP contribution in [0, 0.1) is 5.41 Å². The van der Waals surface area contributed by atoms with Gasteiger partial charge in [0.2, 0.25) is 0 Å². The van der Waals surface area contributed by atoms with Crippen LogP contribution >= 0.6 is 0 Å². The van der Waals surface area contributed by atoms with Gasteiger partial charge in [-0.2, -0.15) is 0 Å². The predicted octanol–water partition coefficient (Wildman–Crippen LogP) is 2.74. The molecule has 5 nitrogen and oxygen atoms in total. The molecule has 0 fully saturated rings. The standard InChI is InChI=1S/C17H24O5/c1-6-9-21-15(20)17(8-7-12(2)10-13(17)18)11-14(19)22-16(3,4)5/h6,10H,1,7-9,11H2,2-5H3/t17-/m1/s1. The number of ketones is 1. The molecule has 0 bridgehead atoms. The third-order valence-electron chi connectivity index (χ3n) is 3.38. The summed E-state index contributed by atoms with van der Waals surface area (Å²) in [5.41, 5.74) is -1.27. The molecule has 0 unspecified atom stereocenters. The summed E-state index contributed by atoms with van der Waals surface area (Å²) in [6.45, 7) is 10.5. The maximum Gasteiger partial charge on any atom is 0.320 e. The molecule has 0 spiro atoms. The fourth-order valence-electron chi connectivity index (χ4n) is 2.31. The lowest BCUT2D eigenvalue weighted by Crippen LogP contribution is -2.44.